The molecule has 2 aliphatic heterocycles. The van der Waals surface area contributed by atoms with Crippen molar-refractivity contribution in [3.05, 3.63) is 80.6 Å². The van der Waals surface area contributed by atoms with Crippen LogP contribution < -0.4 is 25.8 Å². The molecular formula is C23H18N2O4. The highest BCUT2D eigenvalue weighted by Gasteiger charge is 2.29. The number of hydrogen-bond acceptors (Lipinski definition) is 5. The number of benzene rings is 2. The molecule has 29 heavy (non-hydrogen) atoms. The molecule has 0 unspecified atom stereocenters. The molecule has 0 bridgehead atoms. The fraction of sp³-hybridized carbons (Fsp3) is 0.174. The van der Waals surface area contributed by atoms with Crippen molar-refractivity contribution in [2.75, 3.05) is 29.9 Å². The van der Waals surface area contributed by atoms with E-state index in [1.807, 2.05) is 23.1 Å². The molecule has 3 aromatic carbocycles. The van der Waals surface area contributed by atoms with Gasteiger partial charge < -0.3 is 15.0 Å². The van der Waals surface area contributed by atoms with Gasteiger partial charge in [0.15, 0.2) is 6.61 Å². The summed E-state index contributed by atoms with van der Waals surface area (Å²) in [5, 5.41) is 2.73. The highest BCUT2D eigenvalue weighted by molar-refractivity contribution is 5.96. The molecule has 1 amide bonds. The van der Waals surface area contributed by atoms with Crippen molar-refractivity contribution in [1.82, 2.24) is 0 Å². The number of nitrogens with one attached hydrogen (secondary N) is 1. The van der Waals surface area contributed by atoms with E-state index in [9.17, 15) is 14.4 Å². The summed E-state index contributed by atoms with van der Waals surface area (Å²) < 4.78 is 5.45. The summed E-state index contributed by atoms with van der Waals surface area (Å²) >= 11 is 0. The van der Waals surface area contributed by atoms with Crippen molar-refractivity contribution < 1.29 is 9.53 Å². The van der Waals surface area contributed by atoms with Gasteiger partial charge in [0.25, 0.3) is 5.91 Å². The van der Waals surface area contributed by atoms with Gasteiger partial charge in [-0.1, -0.05) is 42.5 Å². The molecule has 144 valence electrons. The topological polar surface area (TPSA) is 75.7 Å². The van der Waals surface area contributed by atoms with Gasteiger partial charge in [-0.2, -0.15) is 0 Å². The third kappa shape index (κ3) is 2.93. The lowest BCUT2D eigenvalue weighted by atomic mass is 9.94. The standard InChI is InChI=1S/C23H18N2O4/c26-19-13-29-18-12-16(6-7-17(18)24-19)20-21(23(28)22(20)27)25-10-8-15(9-11-25)14-4-2-1-3-5-14/h1-8,12H,9-11,13H2,(H,24,26). The Balaban J connectivity index is 1.45. The number of hydrogen-bond donors (Lipinski definition) is 1. The smallest absolute Gasteiger partial charge is 0.262 e. The number of rotatable bonds is 3. The lowest BCUT2D eigenvalue weighted by Crippen LogP contribution is -2.43. The number of nitrogens with zero attached hydrogens (tertiary/aromatic N) is 1. The van der Waals surface area contributed by atoms with Gasteiger partial charge in [-0.15, -0.1) is 0 Å². The van der Waals surface area contributed by atoms with Gasteiger partial charge in [-0.05, 0) is 35.3 Å². The molecule has 2 heterocycles. The summed E-state index contributed by atoms with van der Waals surface area (Å²) in [4.78, 5) is 38.1. The summed E-state index contributed by atoms with van der Waals surface area (Å²) in [7, 11) is 0. The van der Waals surface area contributed by atoms with Crippen LogP contribution in [0.25, 0.3) is 16.7 Å². The molecule has 0 atom stereocenters. The maximum atomic E-state index is 12.4. The normalized spacial score (nSPS) is 16.1. The Kier molecular flexibility index (Phi) is 4.05. The van der Waals surface area contributed by atoms with Crippen LogP contribution in [0.4, 0.5) is 11.4 Å². The summed E-state index contributed by atoms with van der Waals surface area (Å²) in [6, 6.07) is 15.3. The maximum Gasteiger partial charge on any atom is 0.262 e. The van der Waals surface area contributed by atoms with E-state index in [2.05, 4.69) is 23.5 Å². The van der Waals surface area contributed by atoms with Crippen LogP contribution in [-0.2, 0) is 4.79 Å². The summed E-state index contributed by atoms with van der Waals surface area (Å²) in [6.45, 7) is 1.20. The lowest BCUT2D eigenvalue weighted by Gasteiger charge is -2.31. The molecule has 2 aliphatic rings. The quantitative estimate of drug-likeness (QED) is 0.701. The van der Waals surface area contributed by atoms with Crippen LogP contribution in [0.5, 0.6) is 5.75 Å². The Morgan fingerprint density at radius 1 is 0.931 bits per heavy atom. The summed E-state index contributed by atoms with van der Waals surface area (Å²) in [5.41, 5.74) is 3.62. The molecule has 0 spiro atoms. The predicted molar refractivity (Wildman–Crippen MR) is 112 cm³/mol. The molecule has 0 radical (unpaired) electrons. The maximum absolute atomic E-state index is 12.4. The Bertz CT molecular complexity index is 1220. The van der Waals surface area contributed by atoms with E-state index in [0.29, 0.717) is 41.3 Å². The number of carbonyl (C=O) groups is 1. The Morgan fingerprint density at radius 2 is 1.76 bits per heavy atom. The van der Waals surface area contributed by atoms with E-state index in [0.717, 1.165) is 6.42 Å². The Hall–Kier alpha value is -3.67. The minimum absolute atomic E-state index is 0.0611. The zero-order valence-electron chi connectivity index (χ0n) is 15.6. The van der Waals surface area contributed by atoms with Crippen LogP contribution in [0.2, 0.25) is 0 Å². The summed E-state index contributed by atoms with van der Waals surface area (Å²) in [6.07, 6.45) is 2.92. The second kappa shape index (κ2) is 6.74. The Morgan fingerprint density at radius 3 is 2.52 bits per heavy atom. The van der Waals surface area contributed by atoms with Crippen LogP contribution >= 0.6 is 0 Å². The molecule has 0 saturated heterocycles. The zero-order valence-corrected chi connectivity index (χ0v) is 15.6. The van der Waals surface area contributed by atoms with Crippen molar-refractivity contribution in [3.8, 4) is 16.9 Å². The van der Waals surface area contributed by atoms with Crippen LogP contribution in [0.3, 0.4) is 0 Å². The molecule has 1 N–H and O–H groups in total. The van der Waals surface area contributed by atoms with Crippen molar-refractivity contribution in [3.63, 3.8) is 0 Å². The van der Waals surface area contributed by atoms with Crippen LogP contribution in [-0.4, -0.2) is 25.6 Å². The fourth-order valence-corrected chi connectivity index (χ4v) is 3.97. The van der Waals surface area contributed by atoms with Gasteiger partial charge in [0.2, 0.25) is 10.9 Å². The van der Waals surface area contributed by atoms with Gasteiger partial charge in [-0.3, -0.25) is 14.4 Å². The number of ether oxygens (including phenoxy) is 1. The molecule has 0 saturated carbocycles. The molecular weight excluding hydrogens is 368 g/mol. The lowest BCUT2D eigenvalue weighted by molar-refractivity contribution is -0.118. The molecule has 0 aliphatic carbocycles. The first-order valence-corrected chi connectivity index (χ1v) is 9.51. The first kappa shape index (κ1) is 17.4. The van der Waals surface area contributed by atoms with Gasteiger partial charge in [-0.25, -0.2) is 0 Å². The summed E-state index contributed by atoms with van der Waals surface area (Å²) in [5.74, 6) is 0.292. The van der Waals surface area contributed by atoms with Gasteiger partial charge >= 0.3 is 0 Å². The number of amides is 1. The Labute approximate surface area is 166 Å². The van der Waals surface area contributed by atoms with E-state index < -0.39 is 10.9 Å². The molecule has 6 heteroatoms. The molecule has 6 nitrogen and oxygen atoms in total. The highest BCUT2D eigenvalue weighted by atomic mass is 16.5. The minimum atomic E-state index is -0.474. The second-order valence-corrected chi connectivity index (χ2v) is 7.22. The first-order chi connectivity index (χ1) is 14.1. The number of carbonyl (C=O) groups excluding carboxylic acids is 1. The third-order valence-electron chi connectivity index (χ3n) is 5.46. The van der Waals surface area contributed by atoms with E-state index in [1.165, 1.54) is 11.1 Å². The van der Waals surface area contributed by atoms with Crippen molar-refractivity contribution >= 4 is 22.9 Å². The van der Waals surface area contributed by atoms with Crippen molar-refractivity contribution in [2.45, 2.75) is 6.42 Å². The highest BCUT2D eigenvalue weighted by Crippen LogP contribution is 2.36. The monoisotopic (exact) mass is 386 g/mol. The van der Waals surface area contributed by atoms with Crippen LogP contribution in [0.15, 0.2) is 64.2 Å². The van der Waals surface area contributed by atoms with E-state index >= 15 is 0 Å². The predicted octanol–water partition coefficient (Wildman–Crippen LogP) is 2.57. The first-order valence-electron chi connectivity index (χ1n) is 9.51. The van der Waals surface area contributed by atoms with E-state index in [1.54, 1.807) is 18.2 Å². The molecule has 0 aromatic heterocycles. The van der Waals surface area contributed by atoms with Crippen LogP contribution in [0.1, 0.15) is 12.0 Å². The van der Waals surface area contributed by atoms with E-state index in [-0.39, 0.29) is 12.5 Å². The number of fused-ring (bicyclic) bond motifs is 1. The largest absolute Gasteiger partial charge is 0.482 e. The van der Waals surface area contributed by atoms with Crippen LogP contribution in [0, 0.1) is 0 Å². The number of anilines is 2. The zero-order chi connectivity index (χ0) is 20.0. The fourth-order valence-electron chi connectivity index (χ4n) is 3.97. The second-order valence-electron chi connectivity index (χ2n) is 7.22. The molecule has 5 rings (SSSR count). The van der Waals surface area contributed by atoms with Gasteiger partial charge in [0, 0.05) is 13.1 Å². The molecule has 0 fully saturated rings. The minimum Gasteiger partial charge on any atom is -0.482 e. The van der Waals surface area contributed by atoms with Crippen molar-refractivity contribution in [1.29, 1.82) is 0 Å². The molecule has 3 aromatic rings. The van der Waals surface area contributed by atoms with Crippen molar-refractivity contribution in [2.24, 2.45) is 0 Å². The van der Waals surface area contributed by atoms with E-state index in [4.69, 9.17) is 4.74 Å². The SMILES string of the molecule is O=C1COc2cc(-c3c(N4CC=C(c5ccccc5)CC4)c(=O)c3=O)ccc2N1. The van der Waals surface area contributed by atoms with Gasteiger partial charge in [0.05, 0.1) is 11.3 Å². The third-order valence-corrected chi connectivity index (χ3v) is 5.46. The average molecular weight is 386 g/mol. The average Bonchev–Trinajstić information content (AvgIpc) is 2.77. The van der Waals surface area contributed by atoms with Gasteiger partial charge in [0.1, 0.15) is 11.4 Å².